The molecule has 2 heterocycles. The van der Waals surface area contributed by atoms with Gasteiger partial charge in [0.1, 0.15) is 0 Å². The monoisotopic (exact) mass is 348 g/mol. The molecule has 26 heavy (non-hydrogen) atoms. The van der Waals surface area contributed by atoms with Gasteiger partial charge in [-0.05, 0) is 67.5 Å². The average molecular weight is 348 g/mol. The molecular weight excluding hydrogens is 320 g/mol. The van der Waals surface area contributed by atoms with Crippen LogP contribution in [0.3, 0.4) is 0 Å². The summed E-state index contributed by atoms with van der Waals surface area (Å²) in [5, 5.41) is 0. The Kier molecular flexibility index (Phi) is 5.07. The highest BCUT2D eigenvalue weighted by Gasteiger charge is 2.23. The summed E-state index contributed by atoms with van der Waals surface area (Å²) in [6, 6.07) is 16.5. The first-order valence-corrected chi connectivity index (χ1v) is 9.92. The van der Waals surface area contributed by atoms with E-state index in [0.29, 0.717) is 0 Å². The van der Waals surface area contributed by atoms with Crippen LogP contribution in [-0.4, -0.2) is 30.4 Å². The van der Waals surface area contributed by atoms with E-state index in [1.165, 1.54) is 37.1 Å². The van der Waals surface area contributed by atoms with Gasteiger partial charge in [0.2, 0.25) is 0 Å². The maximum Gasteiger partial charge on any atom is 0.258 e. The first-order chi connectivity index (χ1) is 12.7. The number of para-hydroxylation sites is 1. The van der Waals surface area contributed by atoms with E-state index in [2.05, 4.69) is 42.2 Å². The van der Waals surface area contributed by atoms with E-state index < -0.39 is 0 Å². The van der Waals surface area contributed by atoms with Crippen molar-refractivity contribution in [3.63, 3.8) is 0 Å². The minimum atomic E-state index is 0.121. The lowest BCUT2D eigenvalue weighted by Gasteiger charge is -2.31. The summed E-state index contributed by atoms with van der Waals surface area (Å²) < 4.78 is 0. The van der Waals surface area contributed by atoms with E-state index in [-0.39, 0.29) is 5.91 Å². The molecule has 3 nitrogen and oxygen atoms in total. The number of aryl methyl sites for hydroxylation is 1. The Morgan fingerprint density at radius 2 is 1.85 bits per heavy atom. The molecule has 3 heteroatoms. The maximum atomic E-state index is 13.0. The minimum Gasteiger partial charge on any atom is -0.308 e. The Labute approximate surface area is 156 Å². The predicted molar refractivity (Wildman–Crippen MR) is 107 cm³/mol. The van der Waals surface area contributed by atoms with E-state index in [0.717, 1.165) is 43.1 Å². The van der Waals surface area contributed by atoms with Gasteiger partial charge in [-0.25, -0.2) is 0 Å². The molecule has 0 bridgehead atoms. The van der Waals surface area contributed by atoms with Crippen molar-refractivity contribution in [1.29, 1.82) is 0 Å². The molecular formula is C23H28N2O. The van der Waals surface area contributed by atoms with Crippen molar-refractivity contribution in [2.24, 2.45) is 5.92 Å². The van der Waals surface area contributed by atoms with Crippen molar-refractivity contribution in [2.75, 3.05) is 24.5 Å². The zero-order valence-corrected chi connectivity index (χ0v) is 15.7. The van der Waals surface area contributed by atoms with Gasteiger partial charge in [0.15, 0.2) is 0 Å². The topological polar surface area (TPSA) is 23.6 Å². The Bertz CT molecular complexity index is 768. The number of anilines is 1. The van der Waals surface area contributed by atoms with Crippen LogP contribution in [0.25, 0.3) is 0 Å². The van der Waals surface area contributed by atoms with Crippen LogP contribution >= 0.6 is 0 Å². The first-order valence-electron chi connectivity index (χ1n) is 9.92. The number of carbonyl (C=O) groups excluding carboxylic acids is 1. The maximum absolute atomic E-state index is 13.0. The number of fused-ring (bicyclic) bond motifs is 1. The highest BCUT2D eigenvalue weighted by atomic mass is 16.2. The molecule has 0 radical (unpaired) electrons. The molecule has 0 spiro atoms. The highest BCUT2D eigenvalue weighted by molar-refractivity contribution is 6.06. The number of hydrogen-bond donors (Lipinski definition) is 0. The lowest BCUT2D eigenvalue weighted by Crippen LogP contribution is -2.35. The summed E-state index contributed by atoms with van der Waals surface area (Å²) in [4.78, 5) is 17.5. The molecule has 1 amide bonds. The van der Waals surface area contributed by atoms with Crippen LogP contribution < -0.4 is 4.90 Å². The molecule has 2 aromatic carbocycles. The Hall–Kier alpha value is -2.13. The fourth-order valence-corrected chi connectivity index (χ4v) is 4.34. The third kappa shape index (κ3) is 3.68. The number of hydrogen-bond acceptors (Lipinski definition) is 2. The second kappa shape index (κ2) is 7.63. The molecule has 1 saturated heterocycles. The summed E-state index contributed by atoms with van der Waals surface area (Å²) in [6.45, 7) is 6.51. The average Bonchev–Trinajstić information content (AvgIpc) is 2.68. The normalized spacial score (nSPS) is 20.7. The number of carbonyl (C=O) groups is 1. The van der Waals surface area contributed by atoms with Gasteiger partial charge >= 0.3 is 0 Å². The SMILES string of the molecule is C[C@@H]1CCCN(Cc2ccc(C(=O)N3CCCc4ccccc43)cc2)C1. The minimum absolute atomic E-state index is 0.121. The van der Waals surface area contributed by atoms with Gasteiger partial charge in [0.05, 0.1) is 0 Å². The molecule has 2 aliphatic heterocycles. The smallest absolute Gasteiger partial charge is 0.258 e. The molecule has 0 aromatic heterocycles. The molecule has 4 rings (SSSR count). The number of rotatable bonds is 3. The van der Waals surface area contributed by atoms with Crippen molar-refractivity contribution >= 4 is 11.6 Å². The van der Waals surface area contributed by atoms with Crippen LogP contribution in [0.5, 0.6) is 0 Å². The number of amides is 1. The fourth-order valence-electron chi connectivity index (χ4n) is 4.34. The van der Waals surface area contributed by atoms with Crippen LogP contribution in [0.4, 0.5) is 5.69 Å². The Morgan fingerprint density at radius 1 is 1.04 bits per heavy atom. The second-order valence-electron chi connectivity index (χ2n) is 7.87. The number of likely N-dealkylation sites (tertiary alicyclic amines) is 1. The van der Waals surface area contributed by atoms with Crippen LogP contribution in [0.1, 0.15) is 47.7 Å². The number of nitrogens with zero attached hydrogens (tertiary/aromatic N) is 2. The van der Waals surface area contributed by atoms with Gasteiger partial charge in [-0.3, -0.25) is 9.69 Å². The number of benzene rings is 2. The van der Waals surface area contributed by atoms with Gasteiger partial charge in [-0.2, -0.15) is 0 Å². The lowest BCUT2D eigenvalue weighted by atomic mass is 9.99. The molecule has 136 valence electrons. The van der Waals surface area contributed by atoms with Gasteiger partial charge in [0, 0.05) is 30.9 Å². The van der Waals surface area contributed by atoms with Crippen molar-refractivity contribution in [2.45, 2.75) is 39.2 Å². The van der Waals surface area contributed by atoms with Crippen LogP contribution in [-0.2, 0) is 13.0 Å². The summed E-state index contributed by atoms with van der Waals surface area (Å²) >= 11 is 0. The summed E-state index contributed by atoms with van der Waals surface area (Å²) in [5.41, 5.74) is 4.45. The highest BCUT2D eigenvalue weighted by Crippen LogP contribution is 2.28. The number of piperidine rings is 1. The van der Waals surface area contributed by atoms with E-state index in [9.17, 15) is 4.79 Å². The molecule has 0 unspecified atom stereocenters. The van der Waals surface area contributed by atoms with E-state index in [1.807, 2.05) is 23.1 Å². The fraction of sp³-hybridized carbons (Fsp3) is 0.435. The van der Waals surface area contributed by atoms with Crippen LogP contribution in [0, 0.1) is 5.92 Å². The van der Waals surface area contributed by atoms with E-state index in [4.69, 9.17) is 0 Å². The lowest BCUT2D eigenvalue weighted by molar-refractivity contribution is 0.0985. The largest absolute Gasteiger partial charge is 0.308 e. The molecule has 1 fully saturated rings. The van der Waals surface area contributed by atoms with Crippen molar-refractivity contribution in [3.8, 4) is 0 Å². The standard InChI is InChI=1S/C23H28N2O/c1-18-6-4-14-24(16-18)17-19-10-12-21(13-11-19)23(26)25-15-5-8-20-7-2-3-9-22(20)25/h2-3,7,9-13,18H,4-6,8,14-17H2,1H3/t18-/m1/s1. The Morgan fingerprint density at radius 3 is 2.65 bits per heavy atom. The molecule has 0 saturated carbocycles. The second-order valence-corrected chi connectivity index (χ2v) is 7.87. The molecule has 2 aliphatic rings. The van der Waals surface area contributed by atoms with E-state index in [1.54, 1.807) is 0 Å². The molecule has 1 atom stereocenters. The summed E-state index contributed by atoms with van der Waals surface area (Å²) in [7, 11) is 0. The molecule has 0 N–H and O–H groups in total. The van der Waals surface area contributed by atoms with Gasteiger partial charge in [-0.1, -0.05) is 37.3 Å². The van der Waals surface area contributed by atoms with Gasteiger partial charge in [-0.15, -0.1) is 0 Å². The van der Waals surface area contributed by atoms with Gasteiger partial charge in [0.25, 0.3) is 5.91 Å². The van der Waals surface area contributed by atoms with Crippen molar-refractivity contribution in [1.82, 2.24) is 4.90 Å². The van der Waals surface area contributed by atoms with Crippen LogP contribution in [0.2, 0.25) is 0 Å². The van der Waals surface area contributed by atoms with Crippen LogP contribution in [0.15, 0.2) is 48.5 Å². The zero-order chi connectivity index (χ0) is 17.9. The van der Waals surface area contributed by atoms with Crippen molar-refractivity contribution in [3.05, 3.63) is 65.2 Å². The van der Waals surface area contributed by atoms with E-state index >= 15 is 0 Å². The third-order valence-corrected chi connectivity index (χ3v) is 5.70. The predicted octanol–water partition coefficient (Wildman–Crippen LogP) is 4.51. The molecule has 2 aromatic rings. The summed E-state index contributed by atoms with van der Waals surface area (Å²) in [5.74, 6) is 0.916. The Balaban J connectivity index is 1.46. The molecule has 0 aliphatic carbocycles. The zero-order valence-electron chi connectivity index (χ0n) is 15.7. The third-order valence-electron chi connectivity index (χ3n) is 5.70. The summed E-state index contributed by atoms with van der Waals surface area (Å²) in [6.07, 6.45) is 4.74. The van der Waals surface area contributed by atoms with Crippen molar-refractivity contribution < 1.29 is 4.79 Å². The van der Waals surface area contributed by atoms with Gasteiger partial charge < -0.3 is 4.90 Å². The first kappa shape index (κ1) is 17.3. The quantitative estimate of drug-likeness (QED) is 0.815.